The van der Waals surface area contributed by atoms with Gasteiger partial charge in [0, 0.05) is 24.1 Å². The number of aliphatic hydroxyl groups excluding tert-OH is 1. The summed E-state index contributed by atoms with van der Waals surface area (Å²) in [7, 11) is 3.07. The molecule has 2 aromatic rings. The Morgan fingerprint density at radius 1 is 1.30 bits per heavy atom. The number of aliphatic hydroxyl groups is 1. The van der Waals surface area contributed by atoms with Gasteiger partial charge in [0.1, 0.15) is 17.4 Å². The molecule has 2 aliphatic heterocycles. The molecule has 0 aliphatic carbocycles. The highest BCUT2D eigenvalue weighted by atomic mass is 33.1. The van der Waals surface area contributed by atoms with E-state index in [1.54, 1.807) is 34.0 Å². The van der Waals surface area contributed by atoms with Crippen LogP contribution in [0, 0.1) is 6.92 Å². The smallest absolute Gasteiger partial charge is 0.416 e. The predicted octanol–water partition coefficient (Wildman–Crippen LogP) is 5.67. The number of hydrogen-bond acceptors (Lipinski definition) is 8. The van der Waals surface area contributed by atoms with Crippen LogP contribution in [0.1, 0.15) is 61.9 Å². The molecule has 2 aliphatic rings. The molecule has 8 nitrogen and oxygen atoms in total. The molecule has 3 atom stereocenters. The first-order valence-corrected chi connectivity index (χ1v) is 15.1. The molecule has 0 spiro atoms. The van der Waals surface area contributed by atoms with E-state index in [-0.39, 0.29) is 17.8 Å². The number of pyridine rings is 1. The summed E-state index contributed by atoms with van der Waals surface area (Å²) in [5.41, 5.74) is 1.53. The van der Waals surface area contributed by atoms with Crippen molar-refractivity contribution < 1.29 is 24.2 Å². The Labute approximate surface area is 226 Å². The van der Waals surface area contributed by atoms with Gasteiger partial charge in [-0.15, -0.1) is 0 Å². The molecule has 37 heavy (non-hydrogen) atoms. The number of fused-ring (bicyclic) bond motifs is 2. The molecule has 0 radical (unpaired) electrons. The lowest BCUT2D eigenvalue weighted by molar-refractivity contribution is 0.0491. The summed E-state index contributed by atoms with van der Waals surface area (Å²) in [5.74, 6) is 0.425. The highest BCUT2D eigenvalue weighted by Gasteiger charge is 2.45. The van der Waals surface area contributed by atoms with Crippen LogP contribution in [0.4, 0.5) is 10.5 Å². The van der Waals surface area contributed by atoms with Gasteiger partial charge in [-0.2, -0.15) is 0 Å². The van der Waals surface area contributed by atoms with Crippen molar-refractivity contribution in [2.24, 2.45) is 0 Å². The van der Waals surface area contributed by atoms with Crippen molar-refractivity contribution in [2.45, 2.75) is 75.4 Å². The Hall–Kier alpha value is -2.43. The molecular weight excluding hydrogens is 510 g/mol. The van der Waals surface area contributed by atoms with Gasteiger partial charge in [0.05, 0.1) is 23.9 Å². The topological polar surface area (TPSA) is 92.2 Å². The van der Waals surface area contributed by atoms with Crippen LogP contribution in [-0.4, -0.2) is 64.3 Å². The number of anilines is 1. The number of rotatable bonds is 10. The fourth-order valence-corrected chi connectivity index (χ4v) is 6.46. The lowest BCUT2D eigenvalue weighted by Gasteiger charge is -2.32. The summed E-state index contributed by atoms with van der Waals surface area (Å²) in [6, 6.07) is 8.71. The second-order valence-electron chi connectivity index (χ2n) is 9.42. The summed E-state index contributed by atoms with van der Waals surface area (Å²) in [6.07, 6.45) is 4.32. The number of unbranched alkanes of at least 4 members (excludes halogenated alkanes) is 2. The number of amides is 2. The number of aryl methyl sites for hydroxylation is 1. The van der Waals surface area contributed by atoms with Gasteiger partial charge < -0.3 is 19.5 Å². The second-order valence-corrected chi connectivity index (χ2v) is 12.1. The van der Waals surface area contributed by atoms with E-state index in [9.17, 15) is 14.7 Å². The number of nitrogens with zero attached hydrogens (tertiary/aromatic N) is 3. The van der Waals surface area contributed by atoms with Crippen molar-refractivity contribution >= 4 is 39.3 Å². The Bertz CT molecular complexity index is 1090. The first-order valence-electron chi connectivity index (χ1n) is 12.9. The van der Waals surface area contributed by atoms with Gasteiger partial charge in [0.25, 0.3) is 5.91 Å². The molecule has 1 N–H and O–H groups in total. The SMILES string of the molecule is CCCCCOc1cc2c(cc1C)C(=O)N1CCC[C@H]1C(O)N2C(=O)OCC(C)SSc1ccccn1. The maximum absolute atomic E-state index is 13.5. The number of carbonyl (C=O) groups is 2. The Morgan fingerprint density at radius 3 is 2.89 bits per heavy atom. The Morgan fingerprint density at radius 2 is 2.14 bits per heavy atom. The van der Waals surface area contributed by atoms with Gasteiger partial charge >= 0.3 is 6.09 Å². The van der Waals surface area contributed by atoms with E-state index in [0.717, 1.165) is 36.3 Å². The van der Waals surface area contributed by atoms with Crippen LogP contribution < -0.4 is 9.64 Å². The van der Waals surface area contributed by atoms with Gasteiger partial charge in [-0.1, -0.05) is 36.6 Å². The molecule has 4 rings (SSSR count). The van der Waals surface area contributed by atoms with Gasteiger partial charge in [-0.25, -0.2) is 14.7 Å². The fourth-order valence-electron chi connectivity index (χ4n) is 4.58. The number of carbonyl (C=O) groups excluding carboxylic acids is 2. The van der Waals surface area contributed by atoms with Crippen LogP contribution in [0.3, 0.4) is 0 Å². The third-order valence-electron chi connectivity index (χ3n) is 6.53. The van der Waals surface area contributed by atoms with Crippen LogP contribution in [0.5, 0.6) is 5.75 Å². The van der Waals surface area contributed by atoms with E-state index in [2.05, 4.69) is 11.9 Å². The van der Waals surface area contributed by atoms with Crippen LogP contribution in [-0.2, 0) is 4.74 Å². The summed E-state index contributed by atoms with van der Waals surface area (Å²) in [4.78, 5) is 34.1. The maximum atomic E-state index is 13.5. The van der Waals surface area contributed by atoms with Crippen LogP contribution in [0.15, 0.2) is 41.6 Å². The predicted molar refractivity (Wildman–Crippen MR) is 147 cm³/mol. The highest BCUT2D eigenvalue weighted by molar-refractivity contribution is 8.76. The second kappa shape index (κ2) is 12.9. The largest absolute Gasteiger partial charge is 0.493 e. The molecule has 1 aromatic heterocycles. The normalized spacial score (nSPS) is 19.7. The average molecular weight is 546 g/mol. The molecule has 2 unspecified atom stereocenters. The van der Waals surface area contributed by atoms with Crippen molar-refractivity contribution in [3.8, 4) is 5.75 Å². The molecule has 2 amide bonds. The summed E-state index contributed by atoms with van der Waals surface area (Å²) >= 11 is 0. The average Bonchev–Trinajstić information content (AvgIpc) is 3.38. The van der Waals surface area contributed by atoms with Crippen molar-refractivity contribution in [1.29, 1.82) is 0 Å². The summed E-state index contributed by atoms with van der Waals surface area (Å²) in [5, 5.41) is 12.2. The number of hydrogen-bond donors (Lipinski definition) is 1. The molecule has 1 saturated heterocycles. The third kappa shape index (κ3) is 6.53. The Balaban J connectivity index is 1.53. The zero-order valence-corrected chi connectivity index (χ0v) is 23.2. The van der Waals surface area contributed by atoms with Crippen molar-refractivity contribution in [3.05, 3.63) is 47.7 Å². The first kappa shape index (κ1) is 27.6. The van der Waals surface area contributed by atoms with Gasteiger partial charge in [0.15, 0.2) is 6.23 Å². The van der Waals surface area contributed by atoms with E-state index < -0.39 is 18.4 Å². The zero-order valence-electron chi connectivity index (χ0n) is 21.6. The lowest BCUT2D eigenvalue weighted by atomic mass is 10.1. The molecule has 10 heteroatoms. The standard InChI is InChI=1S/C27H35N3O5S2/c1-4-5-8-14-34-23-16-22-20(15-18(23)2)25(31)29-13-9-10-21(29)26(32)30(22)27(33)35-17-19(3)36-37-24-11-6-7-12-28-24/h6-7,11-12,15-16,19,21,26,32H,4-5,8-10,13-14,17H2,1-3H3/t19?,21-,26?/m0/s1. The molecular formula is C27H35N3O5S2. The minimum atomic E-state index is -1.21. The summed E-state index contributed by atoms with van der Waals surface area (Å²) in [6.45, 7) is 7.24. The van der Waals surface area contributed by atoms with Crippen molar-refractivity contribution in [2.75, 3.05) is 24.7 Å². The van der Waals surface area contributed by atoms with E-state index in [0.29, 0.717) is 36.6 Å². The van der Waals surface area contributed by atoms with Crippen LogP contribution >= 0.6 is 21.6 Å². The van der Waals surface area contributed by atoms with E-state index in [4.69, 9.17) is 9.47 Å². The van der Waals surface area contributed by atoms with E-state index in [1.165, 1.54) is 15.7 Å². The zero-order chi connectivity index (χ0) is 26.4. The van der Waals surface area contributed by atoms with E-state index >= 15 is 0 Å². The quantitative estimate of drug-likeness (QED) is 0.302. The summed E-state index contributed by atoms with van der Waals surface area (Å²) < 4.78 is 11.7. The Kier molecular flexibility index (Phi) is 9.61. The number of ether oxygens (including phenoxy) is 2. The fraction of sp³-hybridized carbons (Fsp3) is 0.519. The van der Waals surface area contributed by atoms with Crippen LogP contribution in [0.25, 0.3) is 0 Å². The van der Waals surface area contributed by atoms with Gasteiger partial charge in [0.2, 0.25) is 0 Å². The van der Waals surface area contributed by atoms with Crippen molar-refractivity contribution in [1.82, 2.24) is 9.88 Å². The lowest BCUT2D eigenvalue weighted by Crippen LogP contribution is -2.51. The maximum Gasteiger partial charge on any atom is 0.416 e. The third-order valence-corrected chi connectivity index (χ3v) is 9.29. The van der Waals surface area contributed by atoms with Gasteiger partial charge in [-0.3, -0.25) is 4.79 Å². The first-order chi connectivity index (χ1) is 17.9. The molecule has 3 heterocycles. The molecule has 1 aromatic carbocycles. The van der Waals surface area contributed by atoms with E-state index in [1.807, 2.05) is 32.0 Å². The minimum Gasteiger partial charge on any atom is -0.493 e. The minimum absolute atomic E-state index is 0.0142. The molecule has 0 saturated carbocycles. The molecule has 200 valence electrons. The molecule has 1 fully saturated rings. The van der Waals surface area contributed by atoms with Crippen LogP contribution in [0.2, 0.25) is 0 Å². The number of benzene rings is 1. The molecule has 0 bridgehead atoms. The van der Waals surface area contributed by atoms with Crippen molar-refractivity contribution in [3.63, 3.8) is 0 Å². The monoisotopic (exact) mass is 545 g/mol. The highest BCUT2D eigenvalue weighted by Crippen LogP contribution is 2.39. The number of aromatic nitrogens is 1. The van der Waals surface area contributed by atoms with Gasteiger partial charge in [-0.05, 0) is 67.7 Å².